The number of anilines is 1. The first-order valence-electron chi connectivity index (χ1n) is 4.31. The molecule has 3 N–H and O–H groups in total. The van der Waals surface area contributed by atoms with E-state index in [-0.39, 0.29) is 10.7 Å². The molecule has 0 amide bonds. The van der Waals surface area contributed by atoms with Crippen LogP contribution in [0.25, 0.3) is 11.4 Å². The van der Waals surface area contributed by atoms with Crippen LogP contribution in [0.5, 0.6) is 0 Å². The molecule has 2 aromatic rings. The molecule has 0 radical (unpaired) electrons. The predicted molar refractivity (Wildman–Crippen MR) is 59.6 cm³/mol. The van der Waals surface area contributed by atoms with Crippen molar-refractivity contribution in [3.63, 3.8) is 0 Å². The van der Waals surface area contributed by atoms with Gasteiger partial charge in [-0.25, -0.2) is 4.98 Å². The number of rotatable bonds is 1. The minimum atomic E-state index is 0.225. The molecule has 6 heteroatoms. The fourth-order valence-electron chi connectivity index (χ4n) is 1.22. The van der Waals surface area contributed by atoms with Crippen molar-refractivity contribution in [1.29, 1.82) is 0 Å². The summed E-state index contributed by atoms with van der Waals surface area (Å²) < 4.78 is 0.225. The van der Waals surface area contributed by atoms with E-state index in [0.717, 1.165) is 11.1 Å². The molecule has 2 rings (SSSR count). The number of pyridine rings is 1. The van der Waals surface area contributed by atoms with Crippen LogP contribution in [-0.4, -0.2) is 19.9 Å². The largest absolute Gasteiger partial charge is 0.369 e. The lowest BCUT2D eigenvalue weighted by atomic mass is 10.2. The van der Waals surface area contributed by atoms with E-state index in [2.05, 4.69) is 19.9 Å². The third kappa shape index (κ3) is 2.16. The smallest absolute Gasteiger partial charge is 0.224 e. The second-order valence-corrected chi connectivity index (χ2v) is 3.48. The molecule has 0 aromatic carbocycles. The first kappa shape index (κ1) is 9.72. The summed E-state index contributed by atoms with van der Waals surface area (Å²) in [7, 11) is 0. The molecule has 0 aliphatic heterocycles. The van der Waals surface area contributed by atoms with Crippen LogP contribution in [0.4, 0.5) is 5.95 Å². The Kier molecular flexibility index (Phi) is 2.42. The van der Waals surface area contributed by atoms with Crippen molar-refractivity contribution >= 4 is 18.2 Å². The van der Waals surface area contributed by atoms with Crippen molar-refractivity contribution in [3.8, 4) is 11.4 Å². The van der Waals surface area contributed by atoms with Gasteiger partial charge in [0.05, 0.1) is 0 Å². The Hall–Kier alpha value is -1.82. The Morgan fingerprint density at radius 2 is 2.13 bits per heavy atom. The molecule has 2 aromatic heterocycles. The molecule has 0 atom stereocenters. The minimum Gasteiger partial charge on any atom is -0.369 e. The normalized spacial score (nSPS) is 10.2. The molecule has 0 spiro atoms. The number of hydrogen-bond acceptors (Lipinski definition) is 5. The molecule has 0 saturated heterocycles. The standard InChI is InChI=1S/C9H9N5S/c1-5-2-6(4-11-3-5)7-12-8(10)14-9(15)13-7/h2-4H,1H3,(H3,10,12,13,14,15). The van der Waals surface area contributed by atoms with Gasteiger partial charge in [0.15, 0.2) is 0 Å². The highest BCUT2D eigenvalue weighted by Crippen LogP contribution is 2.14. The first-order valence-corrected chi connectivity index (χ1v) is 4.72. The van der Waals surface area contributed by atoms with E-state index in [1.54, 1.807) is 12.4 Å². The van der Waals surface area contributed by atoms with Gasteiger partial charge in [-0.1, -0.05) is 0 Å². The fraction of sp³-hybridized carbons (Fsp3) is 0.111. The molecule has 5 nitrogen and oxygen atoms in total. The van der Waals surface area contributed by atoms with Gasteiger partial charge in [0.2, 0.25) is 10.7 Å². The maximum Gasteiger partial charge on any atom is 0.224 e. The van der Waals surface area contributed by atoms with Crippen LogP contribution in [0.3, 0.4) is 0 Å². The van der Waals surface area contributed by atoms with Crippen LogP contribution in [0, 0.1) is 11.7 Å². The highest BCUT2D eigenvalue weighted by atomic mass is 32.1. The molecule has 0 aliphatic rings. The third-order valence-corrected chi connectivity index (χ3v) is 2.00. The van der Waals surface area contributed by atoms with E-state index in [4.69, 9.17) is 18.0 Å². The average Bonchev–Trinajstić information content (AvgIpc) is 2.16. The van der Waals surface area contributed by atoms with Crippen LogP contribution >= 0.6 is 12.2 Å². The van der Waals surface area contributed by atoms with Crippen LogP contribution < -0.4 is 5.73 Å². The Morgan fingerprint density at radius 1 is 1.33 bits per heavy atom. The van der Waals surface area contributed by atoms with Crippen LogP contribution in [0.15, 0.2) is 18.5 Å². The lowest BCUT2D eigenvalue weighted by Gasteiger charge is -2.02. The summed E-state index contributed by atoms with van der Waals surface area (Å²) in [4.78, 5) is 14.8. The van der Waals surface area contributed by atoms with E-state index < -0.39 is 0 Å². The summed E-state index contributed by atoms with van der Waals surface area (Å²) in [6, 6.07) is 1.94. The SMILES string of the molecule is Cc1cncc(-c2nc(=S)nc(N)[nH]2)c1. The summed E-state index contributed by atoms with van der Waals surface area (Å²) in [6.45, 7) is 1.95. The van der Waals surface area contributed by atoms with Crippen LogP contribution in [0.2, 0.25) is 0 Å². The molecule has 15 heavy (non-hydrogen) atoms. The molecule has 2 heterocycles. The number of H-pyrrole nitrogens is 1. The maximum absolute atomic E-state index is 5.54. The lowest BCUT2D eigenvalue weighted by molar-refractivity contribution is 1.04. The molecule has 0 fully saturated rings. The predicted octanol–water partition coefficient (Wildman–Crippen LogP) is 1.49. The minimum absolute atomic E-state index is 0.225. The van der Waals surface area contributed by atoms with Crippen molar-refractivity contribution in [2.45, 2.75) is 6.92 Å². The summed E-state index contributed by atoms with van der Waals surface area (Å²) >= 11 is 4.88. The van der Waals surface area contributed by atoms with E-state index in [0.29, 0.717) is 5.82 Å². The Morgan fingerprint density at radius 3 is 2.80 bits per heavy atom. The average molecular weight is 219 g/mol. The van der Waals surface area contributed by atoms with E-state index in [1.807, 2.05) is 13.0 Å². The Labute approximate surface area is 91.4 Å². The second kappa shape index (κ2) is 3.74. The second-order valence-electron chi connectivity index (χ2n) is 3.12. The van der Waals surface area contributed by atoms with E-state index in [9.17, 15) is 0 Å². The number of aryl methyl sites for hydroxylation is 1. The lowest BCUT2D eigenvalue weighted by Crippen LogP contribution is -2.00. The van der Waals surface area contributed by atoms with Gasteiger partial charge in [0, 0.05) is 18.0 Å². The highest BCUT2D eigenvalue weighted by Gasteiger charge is 2.02. The van der Waals surface area contributed by atoms with Crippen molar-refractivity contribution in [3.05, 3.63) is 28.8 Å². The van der Waals surface area contributed by atoms with Gasteiger partial charge in [-0.3, -0.25) is 4.98 Å². The number of nitrogen functional groups attached to an aromatic ring is 1. The summed E-state index contributed by atoms with van der Waals surface area (Å²) in [5.74, 6) is 0.843. The van der Waals surface area contributed by atoms with Gasteiger partial charge in [-0.2, -0.15) is 4.98 Å². The van der Waals surface area contributed by atoms with Crippen molar-refractivity contribution in [2.24, 2.45) is 0 Å². The maximum atomic E-state index is 5.54. The van der Waals surface area contributed by atoms with Gasteiger partial charge >= 0.3 is 0 Å². The van der Waals surface area contributed by atoms with Crippen molar-refractivity contribution < 1.29 is 0 Å². The first-order chi connectivity index (χ1) is 7.15. The fourth-order valence-corrected chi connectivity index (χ4v) is 1.41. The molecule has 0 aliphatic carbocycles. The van der Waals surface area contributed by atoms with E-state index in [1.165, 1.54) is 0 Å². The number of nitrogens with zero attached hydrogens (tertiary/aromatic N) is 3. The molecular formula is C9H9N5S. The molecule has 0 saturated carbocycles. The number of nitrogens with one attached hydrogen (secondary N) is 1. The Balaban J connectivity index is 2.59. The zero-order chi connectivity index (χ0) is 10.8. The number of aromatic nitrogens is 4. The number of aromatic amines is 1. The van der Waals surface area contributed by atoms with Gasteiger partial charge in [0.1, 0.15) is 5.82 Å². The molecular weight excluding hydrogens is 210 g/mol. The van der Waals surface area contributed by atoms with Gasteiger partial charge in [0.25, 0.3) is 0 Å². The molecule has 0 unspecified atom stereocenters. The zero-order valence-electron chi connectivity index (χ0n) is 8.06. The van der Waals surface area contributed by atoms with Crippen molar-refractivity contribution in [1.82, 2.24) is 19.9 Å². The van der Waals surface area contributed by atoms with Crippen LogP contribution in [0.1, 0.15) is 5.56 Å². The third-order valence-electron chi connectivity index (χ3n) is 1.82. The monoisotopic (exact) mass is 219 g/mol. The number of hydrogen-bond donors (Lipinski definition) is 2. The summed E-state index contributed by atoms with van der Waals surface area (Å²) in [6.07, 6.45) is 3.46. The van der Waals surface area contributed by atoms with Crippen molar-refractivity contribution in [2.75, 3.05) is 5.73 Å². The van der Waals surface area contributed by atoms with Gasteiger partial charge < -0.3 is 10.7 Å². The highest BCUT2D eigenvalue weighted by molar-refractivity contribution is 7.71. The summed E-state index contributed by atoms with van der Waals surface area (Å²) in [5.41, 5.74) is 7.43. The summed E-state index contributed by atoms with van der Waals surface area (Å²) in [5, 5.41) is 0. The van der Waals surface area contributed by atoms with Crippen LogP contribution in [-0.2, 0) is 0 Å². The topological polar surface area (TPSA) is 80.5 Å². The molecule has 0 bridgehead atoms. The molecule has 76 valence electrons. The quantitative estimate of drug-likeness (QED) is 0.710. The van der Waals surface area contributed by atoms with Gasteiger partial charge in [-0.15, -0.1) is 0 Å². The zero-order valence-corrected chi connectivity index (χ0v) is 8.88. The van der Waals surface area contributed by atoms with Gasteiger partial charge in [-0.05, 0) is 30.8 Å². The van der Waals surface area contributed by atoms with E-state index >= 15 is 0 Å². The number of nitrogens with two attached hydrogens (primary N) is 1. The Bertz CT molecular complexity index is 548.